The van der Waals surface area contributed by atoms with Gasteiger partial charge in [-0.2, -0.15) is 9.97 Å². The van der Waals surface area contributed by atoms with Crippen LogP contribution < -0.4 is 16.4 Å². The number of anilines is 3. The molecule has 0 bridgehead atoms. The van der Waals surface area contributed by atoms with E-state index >= 15 is 0 Å². The summed E-state index contributed by atoms with van der Waals surface area (Å²) in [5.41, 5.74) is 16.9. The molecule has 0 aliphatic carbocycles. The van der Waals surface area contributed by atoms with E-state index in [1.807, 2.05) is 10.9 Å². The fourth-order valence-corrected chi connectivity index (χ4v) is 5.23. The van der Waals surface area contributed by atoms with E-state index in [1.54, 1.807) is 31.1 Å². The predicted octanol–water partition coefficient (Wildman–Crippen LogP) is 4.16. The highest BCUT2D eigenvalue weighted by atomic mass is 35.5. The van der Waals surface area contributed by atoms with Gasteiger partial charge in [-0.3, -0.25) is 0 Å². The van der Waals surface area contributed by atoms with Gasteiger partial charge in [0.05, 0.1) is 25.9 Å². The van der Waals surface area contributed by atoms with E-state index in [0.29, 0.717) is 47.6 Å². The highest BCUT2D eigenvalue weighted by Gasteiger charge is 2.22. The van der Waals surface area contributed by atoms with Gasteiger partial charge in [0, 0.05) is 61.1 Å². The molecule has 244 valence electrons. The summed E-state index contributed by atoms with van der Waals surface area (Å²) in [6, 6.07) is 0.569. The average molecular weight is 658 g/mol. The second kappa shape index (κ2) is 13.7. The Labute approximate surface area is 275 Å². The van der Waals surface area contributed by atoms with E-state index in [2.05, 4.69) is 77.0 Å². The number of hydrogen-bond donors (Lipinski definition) is 2. The molecule has 16 nitrogen and oxygen atoms in total. The first-order valence-electron chi connectivity index (χ1n) is 15.4. The molecular weight excluding hydrogens is 622 g/mol. The highest BCUT2D eigenvalue weighted by molar-refractivity contribution is 6.28. The van der Waals surface area contributed by atoms with Crippen LogP contribution in [0, 0.1) is 0 Å². The molecule has 7 rings (SSSR count). The van der Waals surface area contributed by atoms with Gasteiger partial charge in [0.25, 0.3) is 0 Å². The van der Waals surface area contributed by atoms with Crippen LogP contribution in [0.5, 0.6) is 0 Å². The maximum atomic E-state index is 6.05. The number of nitrogen functional groups attached to an aromatic ring is 2. The molecule has 47 heavy (non-hydrogen) atoms. The number of fused-ring (bicyclic) bond motifs is 2. The van der Waals surface area contributed by atoms with Gasteiger partial charge < -0.3 is 30.2 Å². The summed E-state index contributed by atoms with van der Waals surface area (Å²) in [6.45, 7) is 11.4. The van der Waals surface area contributed by atoms with Gasteiger partial charge in [0.15, 0.2) is 11.3 Å². The van der Waals surface area contributed by atoms with Crippen LogP contribution in [0.15, 0.2) is 37.4 Å². The fraction of sp³-hybridized carbons (Fsp3) is 0.400. The molecule has 0 radical (unpaired) electrons. The lowest BCUT2D eigenvalue weighted by atomic mass is 10.2. The summed E-state index contributed by atoms with van der Waals surface area (Å²) >= 11 is 6.05. The summed E-state index contributed by atoms with van der Waals surface area (Å²) in [7, 11) is 0. The first kappa shape index (κ1) is 31.9. The first-order valence-corrected chi connectivity index (χ1v) is 15.8. The van der Waals surface area contributed by atoms with Crippen LogP contribution in [0.2, 0.25) is 5.28 Å². The zero-order valence-corrected chi connectivity index (χ0v) is 27.4. The molecule has 2 unspecified atom stereocenters. The Bertz CT molecular complexity index is 1970. The third kappa shape index (κ3) is 6.59. The Kier molecular flexibility index (Phi) is 9.31. The van der Waals surface area contributed by atoms with Gasteiger partial charge >= 0.3 is 0 Å². The number of morpholine rings is 1. The number of ether oxygens (including phenoxy) is 1. The van der Waals surface area contributed by atoms with E-state index in [4.69, 9.17) is 37.8 Å². The third-order valence-electron chi connectivity index (χ3n) is 8.12. The maximum absolute atomic E-state index is 6.05. The molecule has 4 N–H and O–H groups in total. The summed E-state index contributed by atoms with van der Waals surface area (Å²) in [5, 5.41) is 0.166. The summed E-state index contributed by atoms with van der Waals surface area (Å²) in [6.07, 6.45) is 12.1. The molecule has 2 atom stereocenters. The lowest BCUT2D eigenvalue weighted by molar-refractivity contribution is 0.122. The molecule has 6 aromatic heterocycles. The lowest BCUT2D eigenvalue weighted by Crippen LogP contribution is -2.37. The monoisotopic (exact) mass is 657 g/mol. The van der Waals surface area contributed by atoms with Crippen molar-refractivity contribution in [3.05, 3.63) is 42.7 Å². The second-order valence-electron chi connectivity index (χ2n) is 11.1. The topological polar surface area (TPSA) is 203 Å². The highest BCUT2D eigenvalue weighted by Crippen LogP contribution is 2.30. The molecule has 1 saturated heterocycles. The number of halogens is 1. The Morgan fingerprint density at radius 2 is 1.17 bits per heavy atom. The minimum Gasteiger partial charge on any atom is -0.378 e. The van der Waals surface area contributed by atoms with Crippen LogP contribution in [-0.2, 0) is 4.74 Å². The van der Waals surface area contributed by atoms with E-state index in [9.17, 15) is 0 Å². The van der Waals surface area contributed by atoms with E-state index in [-0.39, 0.29) is 23.2 Å². The van der Waals surface area contributed by atoms with Gasteiger partial charge in [0.2, 0.25) is 23.1 Å². The number of hydrogen-bond acceptors (Lipinski definition) is 14. The standard InChI is InChI=1S/C17H22N8O.C13H14ClN7/c1-3-11(2)25-10-21-14-13(12-8-19-16(18)20-9-12)22-17(23-15(14)25)24-4-6-26-7-5-24;1-3-7(2)21-6-18-10-9(19-12(14)20-11(10)21)8-4-16-13(15)17-5-8/h8-11H,3-7H2,1-2H3,(H2,18,19,20);4-7H,3H2,1-2H3,(H2,15,16,17). The molecule has 0 spiro atoms. The number of aromatic nitrogens is 12. The van der Waals surface area contributed by atoms with Gasteiger partial charge in [-0.1, -0.05) is 13.8 Å². The van der Waals surface area contributed by atoms with Crippen molar-refractivity contribution in [2.45, 2.75) is 52.6 Å². The van der Waals surface area contributed by atoms with Gasteiger partial charge in [0.1, 0.15) is 22.4 Å². The van der Waals surface area contributed by atoms with Crippen LogP contribution in [0.1, 0.15) is 52.6 Å². The Hall–Kier alpha value is -5.09. The van der Waals surface area contributed by atoms with Crippen molar-refractivity contribution in [1.29, 1.82) is 0 Å². The largest absolute Gasteiger partial charge is 0.378 e. The van der Waals surface area contributed by atoms with Crippen molar-refractivity contribution in [3.8, 4) is 22.5 Å². The second-order valence-corrected chi connectivity index (χ2v) is 11.5. The molecule has 0 saturated carbocycles. The maximum Gasteiger partial charge on any atom is 0.228 e. The Morgan fingerprint density at radius 3 is 1.66 bits per heavy atom. The Balaban J connectivity index is 0.000000168. The zero-order valence-electron chi connectivity index (χ0n) is 26.6. The third-order valence-corrected chi connectivity index (χ3v) is 8.29. The molecule has 0 aromatic carbocycles. The minimum atomic E-state index is 0.166. The molecule has 1 aliphatic rings. The number of rotatable bonds is 7. The molecule has 6 aromatic rings. The van der Waals surface area contributed by atoms with Crippen molar-refractivity contribution >= 4 is 51.8 Å². The molecular formula is C30H36ClN15O. The SMILES string of the molecule is CCC(C)n1cnc2c(-c3cnc(N)nc3)nc(Cl)nc21.CCC(C)n1cnc2c(-c3cnc(N)nc3)nc(N3CCOCC3)nc21. The van der Waals surface area contributed by atoms with Crippen molar-refractivity contribution < 1.29 is 4.74 Å². The first-order chi connectivity index (χ1) is 22.8. The molecule has 0 amide bonds. The molecule has 17 heteroatoms. The molecule has 1 fully saturated rings. The normalized spacial score (nSPS) is 14.6. The van der Waals surface area contributed by atoms with Crippen LogP contribution in [-0.4, -0.2) is 85.3 Å². The van der Waals surface area contributed by atoms with Gasteiger partial charge in [-0.25, -0.2) is 39.9 Å². The van der Waals surface area contributed by atoms with Crippen LogP contribution in [0.4, 0.5) is 17.8 Å². The Morgan fingerprint density at radius 1 is 0.702 bits per heavy atom. The number of nitrogens with zero attached hydrogens (tertiary/aromatic N) is 13. The van der Waals surface area contributed by atoms with Gasteiger partial charge in [-0.05, 0) is 38.3 Å². The summed E-state index contributed by atoms with van der Waals surface area (Å²) < 4.78 is 9.54. The van der Waals surface area contributed by atoms with Crippen molar-refractivity contribution in [2.75, 3.05) is 42.7 Å². The predicted molar refractivity (Wildman–Crippen MR) is 180 cm³/mol. The minimum absolute atomic E-state index is 0.166. The zero-order chi connectivity index (χ0) is 33.1. The summed E-state index contributed by atoms with van der Waals surface area (Å²) in [5.74, 6) is 1.12. The van der Waals surface area contributed by atoms with Crippen molar-refractivity contribution in [1.82, 2.24) is 59.0 Å². The number of imidazole rings is 2. The van der Waals surface area contributed by atoms with Crippen molar-refractivity contribution in [2.24, 2.45) is 0 Å². The smallest absolute Gasteiger partial charge is 0.228 e. The van der Waals surface area contributed by atoms with Crippen molar-refractivity contribution in [3.63, 3.8) is 0 Å². The quantitative estimate of drug-likeness (QED) is 0.231. The fourth-order valence-electron chi connectivity index (χ4n) is 5.06. The van der Waals surface area contributed by atoms with Crippen LogP contribution in [0.3, 0.4) is 0 Å². The molecule has 7 heterocycles. The van der Waals surface area contributed by atoms with E-state index in [1.165, 1.54) is 0 Å². The van der Waals surface area contributed by atoms with E-state index in [0.717, 1.165) is 48.4 Å². The van der Waals surface area contributed by atoms with Crippen LogP contribution in [0.25, 0.3) is 44.8 Å². The van der Waals surface area contributed by atoms with Gasteiger partial charge in [-0.15, -0.1) is 0 Å². The lowest BCUT2D eigenvalue weighted by Gasteiger charge is -2.27. The summed E-state index contributed by atoms with van der Waals surface area (Å²) in [4.78, 5) is 45.5. The molecule has 1 aliphatic heterocycles. The van der Waals surface area contributed by atoms with E-state index < -0.39 is 0 Å². The number of nitrogens with two attached hydrogens (primary N) is 2. The van der Waals surface area contributed by atoms with Crippen LogP contribution >= 0.6 is 11.6 Å². The average Bonchev–Trinajstić information content (AvgIpc) is 3.73.